The zero-order chi connectivity index (χ0) is 23.8. The van der Waals surface area contributed by atoms with E-state index in [-0.39, 0.29) is 47.9 Å². The van der Waals surface area contributed by atoms with Crippen molar-refractivity contribution >= 4 is 44.7 Å². The zero-order valence-electron chi connectivity index (χ0n) is 17.6. The van der Waals surface area contributed by atoms with Gasteiger partial charge in [-0.1, -0.05) is 0 Å². The molecule has 1 aromatic heterocycles. The monoisotopic (exact) mass is 492 g/mol. The van der Waals surface area contributed by atoms with E-state index in [1.165, 1.54) is 28.8 Å². The Bertz CT molecular complexity index is 1460. The number of morpholine rings is 1. The fourth-order valence-electron chi connectivity index (χ4n) is 3.59. The molecule has 0 atom stereocenters. The summed E-state index contributed by atoms with van der Waals surface area (Å²) in [5, 5.41) is 2.96. The number of nitrogens with zero attached hydrogens (tertiary/aromatic N) is 2. The molecule has 9 nitrogen and oxygen atoms in total. The Hall–Kier alpha value is -2.93. The molecular weight excluding hydrogens is 471 g/mol. The van der Waals surface area contributed by atoms with Crippen LogP contribution in [-0.4, -0.2) is 54.5 Å². The van der Waals surface area contributed by atoms with Gasteiger partial charge in [0.05, 0.1) is 24.1 Å². The van der Waals surface area contributed by atoms with Gasteiger partial charge in [-0.05, 0) is 55.5 Å². The van der Waals surface area contributed by atoms with Crippen LogP contribution in [0, 0.1) is 10.6 Å². The van der Waals surface area contributed by atoms with Crippen LogP contribution in [0.3, 0.4) is 0 Å². The number of carbonyl (C=O) groups excluding carboxylic acids is 1. The maximum Gasteiger partial charge on any atom is 0.262 e. The minimum Gasteiger partial charge on any atom is -0.379 e. The number of H-pyrrole nitrogens is 1. The quantitative estimate of drug-likeness (QED) is 0.529. The molecule has 0 radical (unpaired) electrons. The average molecular weight is 493 g/mol. The van der Waals surface area contributed by atoms with Crippen molar-refractivity contribution in [3.8, 4) is 0 Å². The lowest BCUT2D eigenvalue weighted by Crippen LogP contribution is -2.40. The largest absolute Gasteiger partial charge is 0.379 e. The minimum absolute atomic E-state index is 0.114. The number of hydrogen-bond acceptors (Lipinski definition) is 6. The van der Waals surface area contributed by atoms with Crippen molar-refractivity contribution in [3.63, 3.8) is 0 Å². The van der Waals surface area contributed by atoms with E-state index in [1.807, 2.05) is 0 Å². The normalized spacial score (nSPS) is 15.0. The Balaban J connectivity index is 1.64. The van der Waals surface area contributed by atoms with Crippen molar-refractivity contribution in [2.75, 3.05) is 31.6 Å². The average Bonchev–Trinajstić information content (AvgIpc) is 2.80. The fourth-order valence-corrected chi connectivity index (χ4v) is 5.41. The number of fused-ring (bicyclic) bond motifs is 1. The molecule has 2 N–H and O–H groups in total. The van der Waals surface area contributed by atoms with Gasteiger partial charge in [0.25, 0.3) is 11.5 Å². The van der Waals surface area contributed by atoms with Gasteiger partial charge in [0.2, 0.25) is 10.0 Å². The van der Waals surface area contributed by atoms with Gasteiger partial charge < -0.3 is 15.0 Å². The molecule has 4 rings (SSSR count). The Morgan fingerprint density at radius 1 is 1.21 bits per heavy atom. The Morgan fingerprint density at radius 3 is 2.64 bits per heavy atom. The zero-order valence-corrected chi connectivity index (χ0v) is 19.3. The van der Waals surface area contributed by atoms with E-state index < -0.39 is 26.6 Å². The van der Waals surface area contributed by atoms with Crippen LogP contribution in [0.2, 0.25) is 0 Å². The van der Waals surface area contributed by atoms with Gasteiger partial charge in [-0.15, -0.1) is 0 Å². The Kier molecular flexibility index (Phi) is 6.43. The van der Waals surface area contributed by atoms with Crippen LogP contribution in [0.4, 0.5) is 10.1 Å². The summed E-state index contributed by atoms with van der Waals surface area (Å²) in [6.07, 6.45) is 0. The third-order valence-corrected chi connectivity index (χ3v) is 7.57. The van der Waals surface area contributed by atoms with Crippen LogP contribution in [0.15, 0.2) is 46.1 Å². The summed E-state index contributed by atoms with van der Waals surface area (Å²) in [5.74, 6) is -1.47. The number of halogens is 1. The SMILES string of the molecule is CCn1c(=S)[nH]c2cc(C(=O)Nc3ccc(F)c(S(=O)(=O)N4CCOCC4)c3)ccc2c1=O. The standard InChI is InChI=1S/C21H21FN4O5S2/c1-2-26-20(28)15-5-3-13(11-17(15)24-21(26)32)19(27)23-14-4-6-16(22)18(12-14)33(29,30)25-7-9-31-10-8-25/h3-6,11-12H,2,7-10H2,1H3,(H,23,27)(H,24,32). The first-order valence-electron chi connectivity index (χ1n) is 10.2. The summed E-state index contributed by atoms with van der Waals surface area (Å²) in [5.41, 5.74) is 0.461. The maximum absolute atomic E-state index is 14.4. The van der Waals surface area contributed by atoms with Gasteiger partial charge in [-0.3, -0.25) is 14.2 Å². The smallest absolute Gasteiger partial charge is 0.262 e. The molecule has 2 aromatic carbocycles. The van der Waals surface area contributed by atoms with Crippen LogP contribution in [0.1, 0.15) is 17.3 Å². The number of benzene rings is 2. The van der Waals surface area contributed by atoms with Crippen LogP contribution in [0.5, 0.6) is 0 Å². The van der Waals surface area contributed by atoms with E-state index in [2.05, 4.69) is 10.3 Å². The van der Waals surface area contributed by atoms with E-state index in [0.29, 0.717) is 17.4 Å². The second kappa shape index (κ2) is 9.14. The number of aromatic amines is 1. The minimum atomic E-state index is -4.09. The van der Waals surface area contributed by atoms with E-state index in [0.717, 1.165) is 16.4 Å². The number of sulfonamides is 1. The van der Waals surface area contributed by atoms with Gasteiger partial charge in [0.15, 0.2) is 4.77 Å². The van der Waals surface area contributed by atoms with Crippen LogP contribution in [0.25, 0.3) is 10.9 Å². The second-order valence-corrected chi connectivity index (χ2v) is 9.65. The molecule has 0 spiro atoms. The van der Waals surface area contributed by atoms with Crippen molar-refractivity contribution < 1.29 is 22.3 Å². The van der Waals surface area contributed by atoms with E-state index in [1.54, 1.807) is 6.92 Å². The molecule has 1 fully saturated rings. The Morgan fingerprint density at radius 2 is 1.94 bits per heavy atom. The number of anilines is 1. The molecule has 1 aliphatic heterocycles. The molecule has 2 heterocycles. The lowest BCUT2D eigenvalue weighted by molar-refractivity contribution is 0.0729. The van der Waals surface area contributed by atoms with E-state index >= 15 is 0 Å². The first-order valence-corrected chi connectivity index (χ1v) is 12.0. The van der Waals surface area contributed by atoms with Crippen LogP contribution >= 0.6 is 12.2 Å². The van der Waals surface area contributed by atoms with E-state index in [9.17, 15) is 22.4 Å². The number of hydrogen-bond donors (Lipinski definition) is 2. The van der Waals surface area contributed by atoms with Crippen molar-refractivity contribution in [2.24, 2.45) is 0 Å². The summed E-state index contributed by atoms with van der Waals surface area (Å²) in [6.45, 7) is 2.91. The van der Waals surface area contributed by atoms with Gasteiger partial charge >= 0.3 is 0 Å². The van der Waals surface area contributed by atoms with Gasteiger partial charge in [-0.2, -0.15) is 4.31 Å². The highest BCUT2D eigenvalue weighted by molar-refractivity contribution is 7.89. The van der Waals surface area contributed by atoms with Crippen LogP contribution < -0.4 is 10.9 Å². The Labute approximate surface area is 193 Å². The third-order valence-electron chi connectivity index (χ3n) is 5.34. The van der Waals surface area contributed by atoms with Crippen molar-refractivity contribution in [2.45, 2.75) is 18.4 Å². The lowest BCUT2D eigenvalue weighted by atomic mass is 10.1. The first kappa shape index (κ1) is 23.2. The summed E-state index contributed by atoms with van der Waals surface area (Å²) >= 11 is 5.20. The number of nitrogens with one attached hydrogen (secondary N) is 2. The molecule has 0 unspecified atom stereocenters. The number of carbonyl (C=O) groups is 1. The van der Waals surface area contributed by atoms with Crippen molar-refractivity contribution in [1.82, 2.24) is 13.9 Å². The molecule has 1 amide bonds. The van der Waals surface area contributed by atoms with E-state index in [4.69, 9.17) is 17.0 Å². The predicted octanol–water partition coefficient (Wildman–Crippen LogP) is 2.49. The predicted molar refractivity (Wildman–Crippen MR) is 123 cm³/mol. The summed E-state index contributed by atoms with van der Waals surface area (Å²) in [6, 6.07) is 7.84. The molecular formula is C21H21FN4O5S2. The molecule has 0 bridgehead atoms. The fraction of sp³-hybridized carbons (Fsp3) is 0.286. The molecule has 0 aliphatic carbocycles. The highest BCUT2D eigenvalue weighted by atomic mass is 32.2. The molecule has 12 heteroatoms. The lowest BCUT2D eigenvalue weighted by Gasteiger charge is -2.26. The highest BCUT2D eigenvalue weighted by Gasteiger charge is 2.29. The van der Waals surface area contributed by atoms with Crippen LogP contribution in [-0.2, 0) is 21.3 Å². The molecule has 1 saturated heterocycles. The highest BCUT2D eigenvalue weighted by Crippen LogP contribution is 2.24. The van der Waals surface area contributed by atoms with Gasteiger partial charge in [0.1, 0.15) is 10.7 Å². The van der Waals surface area contributed by atoms with Gasteiger partial charge in [-0.25, -0.2) is 12.8 Å². The third kappa shape index (κ3) is 4.47. The molecule has 1 aliphatic rings. The number of aromatic nitrogens is 2. The molecule has 33 heavy (non-hydrogen) atoms. The topological polar surface area (TPSA) is 114 Å². The summed E-state index contributed by atoms with van der Waals surface area (Å²) < 4.78 is 48.1. The maximum atomic E-state index is 14.4. The molecule has 3 aromatic rings. The van der Waals surface area contributed by atoms with Crippen molar-refractivity contribution in [3.05, 3.63) is 62.9 Å². The second-order valence-electron chi connectivity index (χ2n) is 7.36. The molecule has 174 valence electrons. The number of rotatable bonds is 5. The summed E-state index contributed by atoms with van der Waals surface area (Å²) in [7, 11) is -4.09. The first-order chi connectivity index (χ1) is 15.7. The van der Waals surface area contributed by atoms with Gasteiger partial charge in [0, 0.05) is 30.9 Å². The molecule has 0 saturated carbocycles. The number of ether oxygens (including phenoxy) is 1. The summed E-state index contributed by atoms with van der Waals surface area (Å²) in [4.78, 5) is 27.7. The number of amides is 1. The van der Waals surface area contributed by atoms with Crippen molar-refractivity contribution in [1.29, 1.82) is 0 Å².